The van der Waals surface area contributed by atoms with Gasteiger partial charge < -0.3 is 36.0 Å². The molecule has 2 aliphatic heterocycles. The molecule has 2 aliphatic rings. The molecule has 2 heterocycles. The van der Waals surface area contributed by atoms with Crippen LogP contribution < -0.4 is 11.1 Å². The summed E-state index contributed by atoms with van der Waals surface area (Å²) in [6, 6.07) is 6.31. The number of hydrogen-bond donors (Lipinski definition) is 6. The average Bonchev–Trinajstić information content (AvgIpc) is 3.17. The van der Waals surface area contributed by atoms with Crippen molar-refractivity contribution >= 4 is 23.7 Å². The Bertz CT molecular complexity index is 1130. The molecule has 1 aromatic rings. The van der Waals surface area contributed by atoms with Gasteiger partial charge in [-0.05, 0) is 30.2 Å². The molecular weight excluding hydrogens is 434 g/mol. The topological polar surface area (TPSA) is 201 Å². The number of rotatable bonds is 10. The van der Waals surface area contributed by atoms with E-state index in [0.717, 1.165) is 0 Å². The number of aliphatic carboxylic acids is 2. The lowest BCUT2D eigenvalue weighted by atomic mass is 9.98. The molecule has 12 nitrogen and oxygen atoms in total. The zero-order chi connectivity index (χ0) is 24.1. The Morgan fingerprint density at radius 2 is 1.85 bits per heavy atom. The molecule has 7 N–H and O–H groups in total. The van der Waals surface area contributed by atoms with E-state index in [1.54, 1.807) is 12.1 Å². The highest BCUT2D eigenvalue weighted by Crippen LogP contribution is 2.31. The number of fused-ring (bicyclic) bond motifs is 1. The smallest absolute Gasteiger partial charge is 0.326 e. The van der Waals surface area contributed by atoms with E-state index >= 15 is 0 Å². The summed E-state index contributed by atoms with van der Waals surface area (Å²) in [6.07, 6.45) is 0.745. The Balaban J connectivity index is 1.72. The first-order chi connectivity index (χ1) is 15.7. The van der Waals surface area contributed by atoms with Gasteiger partial charge >= 0.3 is 11.9 Å². The molecule has 2 unspecified atom stereocenters. The number of aromatic nitrogens is 3. The van der Waals surface area contributed by atoms with Gasteiger partial charge in [-0.3, -0.25) is 9.59 Å². The van der Waals surface area contributed by atoms with Crippen molar-refractivity contribution in [2.75, 3.05) is 12.3 Å². The lowest BCUT2D eigenvalue weighted by Crippen LogP contribution is -2.41. The second kappa shape index (κ2) is 9.96. The summed E-state index contributed by atoms with van der Waals surface area (Å²) in [5, 5.41) is 40.6. The quantitative estimate of drug-likeness (QED) is 0.249. The zero-order valence-electron chi connectivity index (χ0n) is 17.4. The third-order valence-electron chi connectivity index (χ3n) is 5.13. The number of nitrogens with zero attached hydrogens (tertiary/aromatic N) is 3. The number of carbonyl (C=O) groups excluding carboxylic acids is 1. The van der Waals surface area contributed by atoms with Crippen LogP contribution in [0.15, 0.2) is 36.7 Å². The molecule has 0 saturated heterocycles. The molecule has 12 heteroatoms. The van der Waals surface area contributed by atoms with Crippen molar-refractivity contribution in [3.63, 3.8) is 0 Å². The molecule has 0 aliphatic carbocycles. The fourth-order valence-corrected chi connectivity index (χ4v) is 3.34. The molecule has 1 amide bonds. The highest BCUT2D eigenvalue weighted by atomic mass is 16.4. The van der Waals surface area contributed by atoms with Crippen molar-refractivity contribution in [2.45, 2.75) is 31.3 Å². The first-order valence-electron chi connectivity index (χ1n) is 9.96. The fourth-order valence-electron chi connectivity index (χ4n) is 3.34. The van der Waals surface area contributed by atoms with E-state index in [4.69, 9.17) is 10.8 Å². The number of benzene rings is 1. The molecule has 174 valence electrons. The molecule has 0 aromatic heterocycles. The van der Waals surface area contributed by atoms with Crippen LogP contribution in [0.2, 0.25) is 0 Å². The Hall–Kier alpha value is -4.19. The molecule has 33 heavy (non-hydrogen) atoms. The summed E-state index contributed by atoms with van der Waals surface area (Å²) in [5.74, 6) is -3.16. The van der Waals surface area contributed by atoms with E-state index in [0.29, 0.717) is 17.0 Å². The SMILES string of the molecule is Nc1cc2c(O)n(CC(CO)c3ccc(C(=O)NC(CCC(=O)O)C(=O)O)cc3)cnc-2n1. The third kappa shape index (κ3) is 5.54. The van der Waals surface area contributed by atoms with Gasteiger partial charge in [0.15, 0.2) is 5.82 Å². The van der Waals surface area contributed by atoms with Crippen molar-refractivity contribution in [1.29, 1.82) is 0 Å². The van der Waals surface area contributed by atoms with Crippen LogP contribution in [0.5, 0.6) is 5.88 Å². The summed E-state index contributed by atoms with van der Waals surface area (Å²) in [7, 11) is 0. The maximum Gasteiger partial charge on any atom is 0.326 e. The molecule has 1 aromatic carbocycles. The Labute approximate surface area is 187 Å². The summed E-state index contributed by atoms with van der Waals surface area (Å²) in [5.41, 5.74) is 6.87. The normalized spacial score (nSPS) is 12.9. The number of nitrogen functional groups attached to an aromatic ring is 1. The second-order valence-corrected chi connectivity index (χ2v) is 7.44. The zero-order valence-corrected chi connectivity index (χ0v) is 17.4. The number of aliphatic hydroxyl groups excluding tert-OH is 1. The first-order valence-corrected chi connectivity index (χ1v) is 9.96. The van der Waals surface area contributed by atoms with Crippen molar-refractivity contribution in [2.24, 2.45) is 0 Å². The minimum Gasteiger partial charge on any atom is -0.494 e. The maximum atomic E-state index is 12.4. The number of amides is 1. The monoisotopic (exact) mass is 457 g/mol. The van der Waals surface area contributed by atoms with Gasteiger partial charge in [0.25, 0.3) is 5.91 Å². The van der Waals surface area contributed by atoms with Gasteiger partial charge in [0.2, 0.25) is 5.88 Å². The highest BCUT2D eigenvalue weighted by molar-refractivity contribution is 5.96. The molecule has 0 saturated carbocycles. The van der Waals surface area contributed by atoms with Crippen LogP contribution in [0.3, 0.4) is 0 Å². The Kier molecular flexibility index (Phi) is 7.08. The number of anilines is 1. The molecule has 3 rings (SSSR count). The largest absolute Gasteiger partial charge is 0.494 e. The van der Waals surface area contributed by atoms with Crippen LogP contribution in [-0.4, -0.2) is 65.5 Å². The maximum absolute atomic E-state index is 12.4. The first kappa shape index (κ1) is 23.5. The number of aromatic hydroxyl groups is 1. The highest BCUT2D eigenvalue weighted by Gasteiger charge is 2.22. The van der Waals surface area contributed by atoms with Crippen LogP contribution >= 0.6 is 0 Å². The molecule has 2 atom stereocenters. The predicted molar refractivity (Wildman–Crippen MR) is 115 cm³/mol. The number of nitrogens with two attached hydrogens (primary N) is 1. The van der Waals surface area contributed by atoms with Crippen LogP contribution in [0.25, 0.3) is 11.4 Å². The number of aliphatic hydroxyl groups is 1. The van der Waals surface area contributed by atoms with Gasteiger partial charge in [-0.15, -0.1) is 0 Å². The van der Waals surface area contributed by atoms with E-state index in [1.807, 2.05) is 0 Å². The van der Waals surface area contributed by atoms with Gasteiger partial charge in [0.1, 0.15) is 11.9 Å². The number of carboxylic acid groups (broad SMARTS) is 2. The van der Waals surface area contributed by atoms with Gasteiger partial charge in [-0.25, -0.2) is 14.8 Å². The summed E-state index contributed by atoms with van der Waals surface area (Å²) in [6.45, 7) is -0.0775. The molecule has 0 bridgehead atoms. The van der Waals surface area contributed by atoms with Gasteiger partial charge in [0.05, 0.1) is 18.5 Å². The van der Waals surface area contributed by atoms with Gasteiger partial charge in [-0.1, -0.05) is 12.1 Å². The van der Waals surface area contributed by atoms with E-state index < -0.39 is 36.2 Å². The average molecular weight is 457 g/mol. The molecule has 0 spiro atoms. The Morgan fingerprint density at radius 1 is 1.15 bits per heavy atom. The minimum absolute atomic E-state index is 0.0975. The fraction of sp³-hybridized carbons (Fsp3) is 0.286. The van der Waals surface area contributed by atoms with Crippen LogP contribution in [0, 0.1) is 0 Å². The van der Waals surface area contributed by atoms with Crippen molar-refractivity contribution in [1.82, 2.24) is 19.9 Å². The van der Waals surface area contributed by atoms with E-state index in [9.17, 15) is 29.7 Å². The number of carboxylic acids is 2. The summed E-state index contributed by atoms with van der Waals surface area (Å²) < 4.78 is 1.45. The number of hydrogen-bond acceptors (Lipinski definition) is 8. The van der Waals surface area contributed by atoms with Crippen LogP contribution in [-0.2, 0) is 16.1 Å². The second-order valence-electron chi connectivity index (χ2n) is 7.44. The van der Waals surface area contributed by atoms with Gasteiger partial charge in [0, 0.05) is 24.4 Å². The van der Waals surface area contributed by atoms with E-state index in [-0.39, 0.29) is 36.8 Å². The number of carbonyl (C=O) groups is 3. The molecule has 0 radical (unpaired) electrons. The number of nitrogens with one attached hydrogen (secondary N) is 1. The Morgan fingerprint density at radius 3 is 2.45 bits per heavy atom. The minimum atomic E-state index is -1.33. The third-order valence-corrected chi connectivity index (χ3v) is 5.13. The van der Waals surface area contributed by atoms with E-state index in [2.05, 4.69) is 15.3 Å². The lowest BCUT2D eigenvalue weighted by Gasteiger charge is -2.19. The van der Waals surface area contributed by atoms with Crippen molar-refractivity contribution in [3.05, 3.63) is 47.8 Å². The van der Waals surface area contributed by atoms with Gasteiger partial charge in [-0.2, -0.15) is 0 Å². The standard InChI is InChI=1S/C21H23N5O7/c22-16-7-14-18(25-16)23-10-26(20(14)31)8-13(9-27)11-1-3-12(4-2-11)19(30)24-15(21(32)33)5-6-17(28)29/h1-4,7,10,13,15,27,31H,5-6,8-9,22H2,(H,24,30)(H,28,29)(H,32,33). The van der Waals surface area contributed by atoms with Crippen LogP contribution in [0.4, 0.5) is 5.82 Å². The van der Waals surface area contributed by atoms with Crippen molar-refractivity contribution < 1.29 is 34.8 Å². The summed E-state index contributed by atoms with van der Waals surface area (Å²) in [4.78, 5) is 42.5. The van der Waals surface area contributed by atoms with Crippen LogP contribution in [0.1, 0.15) is 34.7 Å². The van der Waals surface area contributed by atoms with E-state index in [1.165, 1.54) is 29.1 Å². The predicted octanol–water partition coefficient (Wildman–Crippen LogP) is 0.495. The van der Waals surface area contributed by atoms with Crippen molar-refractivity contribution in [3.8, 4) is 17.3 Å². The summed E-state index contributed by atoms with van der Waals surface area (Å²) >= 11 is 0. The molecule has 0 fully saturated rings. The molecular formula is C21H23N5O7. The lowest BCUT2D eigenvalue weighted by molar-refractivity contribution is -0.140.